The lowest BCUT2D eigenvalue weighted by Gasteiger charge is -2.34. The number of anilines is 2. The molecule has 0 atom stereocenters. The summed E-state index contributed by atoms with van der Waals surface area (Å²) in [5, 5.41) is 19.4. The monoisotopic (exact) mass is 281 g/mol. The summed E-state index contributed by atoms with van der Waals surface area (Å²) in [5.74, 6) is 0. The van der Waals surface area contributed by atoms with Crippen molar-refractivity contribution in [1.82, 2.24) is 0 Å². The molecule has 0 aliphatic carbocycles. The smallest absolute Gasteiger partial charge is 0.271 e. The number of benzene rings is 1. The van der Waals surface area contributed by atoms with Crippen LogP contribution in [0.5, 0.6) is 0 Å². The van der Waals surface area contributed by atoms with Crippen molar-refractivity contribution in [3.05, 3.63) is 28.3 Å². The fourth-order valence-corrected chi connectivity index (χ4v) is 2.43. The Balaban J connectivity index is 1.98. The summed E-state index contributed by atoms with van der Waals surface area (Å²) in [5.41, 5.74) is 7.16. The van der Waals surface area contributed by atoms with E-state index < -0.39 is 4.92 Å². The van der Waals surface area contributed by atoms with Crippen LogP contribution in [0.2, 0.25) is 0 Å². The van der Waals surface area contributed by atoms with E-state index in [1.165, 1.54) is 12.1 Å². The van der Waals surface area contributed by atoms with Crippen molar-refractivity contribution >= 4 is 17.1 Å². The van der Waals surface area contributed by atoms with Crippen LogP contribution in [0.3, 0.4) is 0 Å². The fourth-order valence-electron chi connectivity index (χ4n) is 2.43. The second kappa shape index (κ2) is 6.53. The first kappa shape index (κ1) is 14.5. The third-order valence-corrected chi connectivity index (χ3v) is 3.45. The zero-order valence-electron chi connectivity index (χ0n) is 11.2. The van der Waals surface area contributed by atoms with Crippen LogP contribution in [0.1, 0.15) is 12.8 Å². The largest absolute Gasteiger partial charge is 0.397 e. The molecule has 1 aromatic rings. The van der Waals surface area contributed by atoms with Gasteiger partial charge in [0, 0.05) is 25.2 Å². The predicted molar refractivity (Wildman–Crippen MR) is 75.8 cm³/mol. The standard InChI is InChI=1S/C13H19N3O4/c14-12-9-10(16(18)19)1-2-13(12)15-5-3-11(4-6-15)20-8-7-17/h1-2,9,11,17H,3-8,14H2. The van der Waals surface area contributed by atoms with Gasteiger partial charge in [-0.05, 0) is 18.9 Å². The summed E-state index contributed by atoms with van der Waals surface area (Å²) in [7, 11) is 0. The molecule has 3 N–H and O–H groups in total. The van der Waals surface area contributed by atoms with Crippen LogP contribution in [0.25, 0.3) is 0 Å². The third kappa shape index (κ3) is 3.37. The lowest BCUT2D eigenvalue weighted by molar-refractivity contribution is -0.384. The molecule has 7 nitrogen and oxygen atoms in total. The van der Waals surface area contributed by atoms with E-state index in [-0.39, 0.29) is 18.4 Å². The minimum atomic E-state index is -0.449. The molecular formula is C13H19N3O4. The highest BCUT2D eigenvalue weighted by atomic mass is 16.6. The molecule has 1 aliphatic rings. The van der Waals surface area contributed by atoms with Crippen LogP contribution >= 0.6 is 0 Å². The topological polar surface area (TPSA) is 102 Å². The average Bonchev–Trinajstić information content (AvgIpc) is 2.45. The normalized spacial score (nSPS) is 16.4. The van der Waals surface area contributed by atoms with E-state index in [0.29, 0.717) is 12.3 Å². The fraction of sp³-hybridized carbons (Fsp3) is 0.538. The Morgan fingerprint density at radius 2 is 2.15 bits per heavy atom. The SMILES string of the molecule is Nc1cc([N+](=O)[O-])ccc1N1CCC(OCCO)CC1. The van der Waals surface area contributed by atoms with E-state index >= 15 is 0 Å². The Hall–Kier alpha value is -1.86. The van der Waals surface area contributed by atoms with Crippen molar-refractivity contribution in [3.8, 4) is 0 Å². The van der Waals surface area contributed by atoms with Crippen molar-refractivity contribution in [2.45, 2.75) is 18.9 Å². The van der Waals surface area contributed by atoms with Gasteiger partial charge in [0.2, 0.25) is 0 Å². The second-order valence-corrected chi connectivity index (χ2v) is 4.78. The number of nitrogens with two attached hydrogens (primary N) is 1. The Bertz CT molecular complexity index is 473. The maximum absolute atomic E-state index is 10.7. The molecule has 0 saturated carbocycles. The number of rotatable bonds is 5. The van der Waals surface area contributed by atoms with Crippen molar-refractivity contribution in [1.29, 1.82) is 0 Å². The van der Waals surface area contributed by atoms with E-state index in [1.54, 1.807) is 6.07 Å². The molecule has 1 fully saturated rings. The zero-order valence-corrected chi connectivity index (χ0v) is 11.2. The van der Waals surface area contributed by atoms with E-state index in [2.05, 4.69) is 4.90 Å². The summed E-state index contributed by atoms with van der Waals surface area (Å²) in [4.78, 5) is 12.3. The van der Waals surface area contributed by atoms with E-state index in [1.807, 2.05) is 0 Å². The van der Waals surface area contributed by atoms with Gasteiger partial charge in [-0.3, -0.25) is 10.1 Å². The molecule has 2 rings (SSSR count). The van der Waals surface area contributed by atoms with Gasteiger partial charge < -0.3 is 20.5 Å². The molecular weight excluding hydrogens is 262 g/mol. The van der Waals surface area contributed by atoms with Crippen LogP contribution < -0.4 is 10.6 Å². The highest BCUT2D eigenvalue weighted by molar-refractivity contribution is 5.70. The molecule has 0 spiro atoms. The minimum Gasteiger partial charge on any atom is -0.397 e. The van der Waals surface area contributed by atoms with Crippen LogP contribution in [0.4, 0.5) is 17.1 Å². The Morgan fingerprint density at radius 1 is 1.45 bits per heavy atom. The number of nitrogen functional groups attached to an aromatic ring is 1. The second-order valence-electron chi connectivity index (χ2n) is 4.78. The highest BCUT2D eigenvalue weighted by Gasteiger charge is 2.21. The Kier molecular flexibility index (Phi) is 4.75. The summed E-state index contributed by atoms with van der Waals surface area (Å²) in [6.07, 6.45) is 1.88. The predicted octanol–water partition coefficient (Wildman–Crippen LogP) is 1.15. The molecule has 20 heavy (non-hydrogen) atoms. The first-order valence-corrected chi connectivity index (χ1v) is 6.63. The van der Waals surface area contributed by atoms with E-state index in [4.69, 9.17) is 15.6 Å². The van der Waals surface area contributed by atoms with Gasteiger partial charge in [-0.25, -0.2) is 0 Å². The lowest BCUT2D eigenvalue weighted by atomic mass is 10.1. The third-order valence-electron chi connectivity index (χ3n) is 3.45. The van der Waals surface area contributed by atoms with Gasteiger partial charge in [-0.1, -0.05) is 0 Å². The number of aliphatic hydroxyl groups is 1. The van der Waals surface area contributed by atoms with Crippen molar-refractivity contribution in [2.75, 3.05) is 36.9 Å². The Labute approximate surface area is 117 Å². The minimum absolute atomic E-state index is 0.00687. The number of non-ortho nitro benzene ring substituents is 1. The molecule has 0 bridgehead atoms. The van der Waals surface area contributed by atoms with Gasteiger partial charge >= 0.3 is 0 Å². The Morgan fingerprint density at radius 3 is 2.70 bits per heavy atom. The zero-order chi connectivity index (χ0) is 14.5. The number of nitrogens with zero attached hydrogens (tertiary/aromatic N) is 2. The highest BCUT2D eigenvalue weighted by Crippen LogP contribution is 2.30. The number of hydrogen-bond acceptors (Lipinski definition) is 6. The van der Waals surface area contributed by atoms with Gasteiger partial charge in [0.05, 0.1) is 35.6 Å². The molecule has 7 heteroatoms. The maximum atomic E-state index is 10.7. The lowest BCUT2D eigenvalue weighted by Crippen LogP contribution is -2.37. The van der Waals surface area contributed by atoms with Crippen LogP contribution in [0, 0.1) is 10.1 Å². The van der Waals surface area contributed by atoms with Gasteiger partial charge in [0.15, 0.2) is 0 Å². The number of ether oxygens (including phenoxy) is 1. The summed E-state index contributed by atoms with van der Waals surface area (Å²) in [6.45, 7) is 1.98. The van der Waals surface area contributed by atoms with Crippen LogP contribution in [-0.4, -0.2) is 42.4 Å². The number of aliphatic hydroxyl groups excluding tert-OH is 1. The molecule has 1 saturated heterocycles. The summed E-state index contributed by atoms with van der Waals surface area (Å²) >= 11 is 0. The molecule has 1 heterocycles. The molecule has 0 amide bonds. The van der Waals surface area contributed by atoms with Crippen molar-refractivity contribution in [3.63, 3.8) is 0 Å². The molecule has 1 aromatic carbocycles. The quantitative estimate of drug-likeness (QED) is 0.477. The molecule has 0 aromatic heterocycles. The van der Waals surface area contributed by atoms with Crippen LogP contribution in [-0.2, 0) is 4.74 Å². The van der Waals surface area contributed by atoms with Gasteiger partial charge in [0.25, 0.3) is 5.69 Å². The number of nitro groups is 1. The van der Waals surface area contributed by atoms with Crippen molar-refractivity contribution < 1.29 is 14.8 Å². The number of nitro benzene ring substituents is 1. The van der Waals surface area contributed by atoms with Gasteiger partial charge in [-0.15, -0.1) is 0 Å². The summed E-state index contributed by atoms with van der Waals surface area (Å²) in [6, 6.07) is 4.56. The van der Waals surface area contributed by atoms with Crippen LogP contribution in [0.15, 0.2) is 18.2 Å². The summed E-state index contributed by atoms with van der Waals surface area (Å²) < 4.78 is 5.50. The first-order valence-electron chi connectivity index (χ1n) is 6.63. The van der Waals surface area contributed by atoms with Crippen molar-refractivity contribution in [2.24, 2.45) is 0 Å². The van der Waals surface area contributed by atoms with E-state index in [0.717, 1.165) is 31.6 Å². The average molecular weight is 281 g/mol. The molecule has 110 valence electrons. The first-order chi connectivity index (χ1) is 9.61. The molecule has 0 unspecified atom stereocenters. The van der Waals surface area contributed by atoms with Gasteiger partial charge in [-0.2, -0.15) is 0 Å². The maximum Gasteiger partial charge on any atom is 0.271 e. The number of piperidine rings is 1. The molecule has 0 radical (unpaired) electrons. The molecule has 1 aliphatic heterocycles. The van der Waals surface area contributed by atoms with E-state index in [9.17, 15) is 10.1 Å². The number of hydrogen-bond donors (Lipinski definition) is 2. The van der Waals surface area contributed by atoms with Gasteiger partial charge in [0.1, 0.15) is 0 Å².